The number of nitrogens with zero attached hydrogens (tertiary/aromatic N) is 1. The van der Waals surface area contributed by atoms with Crippen molar-refractivity contribution >= 4 is 5.84 Å². The first kappa shape index (κ1) is 14.4. The molecule has 0 saturated carbocycles. The van der Waals surface area contributed by atoms with Crippen molar-refractivity contribution in [2.45, 2.75) is 13.5 Å². The van der Waals surface area contributed by atoms with Crippen molar-refractivity contribution in [1.82, 2.24) is 5.32 Å². The fraction of sp³-hybridized carbons (Fsp3) is 0.417. The zero-order valence-electron chi connectivity index (χ0n) is 10.2. The molecule has 1 atom stereocenters. The second-order valence-electron chi connectivity index (χ2n) is 4.21. The van der Waals surface area contributed by atoms with E-state index >= 15 is 0 Å². The average Bonchev–Trinajstić information content (AvgIpc) is 2.39. The first-order valence-electron chi connectivity index (χ1n) is 5.66. The largest absolute Gasteiger partial charge is 0.409 e. The molecule has 0 amide bonds. The highest BCUT2D eigenvalue weighted by Gasteiger charge is 2.09. The standard InChI is InChI=1S/C12H18FN3O2/c1-8(7-17)5-15-6-9-2-3-10(13)4-11(9)12(14)16-18/h2-4,8,15,17-18H,5-7H2,1H3,(H2,14,16). The van der Waals surface area contributed by atoms with E-state index in [4.69, 9.17) is 16.0 Å². The second-order valence-corrected chi connectivity index (χ2v) is 4.21. The molecular weight excluding hydrogens is 237 g/mol. The first-order chi connectivity index (χ1) is 8.58. The monoisotopic (exact) mass is 255 g/mol. The first-order valence-corrected chi connectivity index (χ1v) is 5.66. The SMILES string of the molecule is CC(CO)CNCc1ccc(F)cc1C(N)=NO. The van der Waals surface area contributed by atoms with Crippen molar-refractivity contribution in [3.8, 4) is 0 Å². The second kappa shape index (κ2) is 6.93. The van der Waals surface area contributed by atoms with Gasteiger partial charge in [0.05, 0.1) is 0 Å². The predicted molar refractivity (Wildman–Crippen MR) is 66.9 cm³/mol. The van der Waals surface area contributed by atoms with Crippen LogP contribution in [0, 0.1) is 11.7 Å². The van der Waals surface area contributed by atoms with E-state index in [1.165, 1.54) is 12.1 Å². The van der Waals surface area contributed by atoms with Crippen molar-refractivity contribution in [2.75, 3.05) is 13.2 Å². The van der Waals surface area contributed by atoms with Gasteiger partial charge < -0.3 is 21.4 Å². The Kier molecular flexibility index (Phi) is 5.54. The van der Waals surface area contributed by atoms with Crippen molar-refractivity contribution < 1.29 is 14.7 Å². The van der Waals surface area contributed by atoms with Gasteiger partial charge in [-0.05, 0) is 23.6 Å². The van der Waals surface area contributed by atoms with Gasteiger partial charge in [-0.15, -0.1) is 0 Å². The molecule has 100 valence electrons. The topological polar surface area (TPSA) is 90.9 Å². The van der Waals surface area contributed by atoms with Gasteiger partial charge in [-0.1, -0.05) is 18.1 Å². The van der Waals surface area contributed by atoms with Gasteiger partial charge in [0.15, 0.2) is 5.84 Å². The lowest BCUT2D eigenvalue weighted by atomic mass is 10.1. The predicted octanol–water partition coefficient (Wildman–Crippen LogP) is 0.638. The Balaban J connectivity index is 2.76. The van der Waals surface area contributed by atoms with Gasteiger partial charge in [0.1, 0.15) is 5.82 Å². The summed E-state index contributed by atoms with van der Waals surface area (Å²) in [6.45, 7) is 3.09. The van der Waals surface area contributed by atoms with Crippen LogP contribution in [0.2, 0.25) is 0 Å². The van der Waals surface area contributed by atoms with E-state index in [2.05, 4.69) is 10.5 Å². The minimum atomic E-state index is -0.441. The Labute approximate surface area is 105 Å². The molecule has 1 unspecified atom stereocenters. The summed E-state index contributed by atoms with van der Waals surface area (Å²) in [6, 6.07) is 4.13. The molecule has 0 heterocycles. The fourth-order valence-electron chi connectivity index (χ4n) is 1.51. The Bertz CT molecular complexity index is 424. The van der Waals surface area contributed by atoms with Crippen LogP contribution >= 0.6 is 0 Å². The van der Waals surface area contributed by atoms with Crippen LogP contribution in [-0.4, -0.2) is 29.3 Å². The fourth-order valence-corrected chi connectivity index (χ4v) is 1.51. The maximum atomic E-state index is 13.1. The third kappa shape index (κ3) is 3.97. The third-order valence-electron chi connectivity index (χ3n) is 2.58. The van der Waals surface area contributed by atoms with Crippen LogP contribution in [0.4, 0.5) is 4.39 Å². The number of nitrogens with two attached hydrogens (primary N) is 1. The molecular formula is C12H18FN3O2. The molecule has 1 aromatic rings. The van der Waals surface area contributed by atoms with E-state index in [1.807, 2.05) is 6.92 Å². The summed E-state index contributed by atoms with van der Waals surface area (Å²) in [7, 11) is 0. The lowest BCUT2D eigenvalue weighted by molar-refractivity contribution is 0.233. The van der Waals surface area contributed by atoms with Crippen LogP contribution in [0.25, 0.3) is 0 Å². The molecule has 0 fully saturated rings. The van der Waals surface area contributed by atoms with Gasteiger partial charge in [-0.3, -0.25) is 0 Å². The number of nitrogens with one attached hydrogen (secondary N) is 1. The molecule has 6 heteroatoms. The maximum Gasteiger partial charge on any atom is 0.170 e. The van der Waals surface area contributed by atoms with Crippen LogP contribution in [0.3, 0.4) is 0 Å². The van der Waals surface area contributed by atoms with Gasteiger partial charge in [0.25, 0.3) is 0 Å². The van der Waals surface area contributed by atoms with E-state index in [1.54, 1.807) is 6.07 Å². The Hall–Kier alpha value is -1.66. The highest BCUT2D eigenvalue weighted by molar-refractivity contribution is 5.98. The minimum Gasteiger partial charge on any atom is -0.409 e. The van der Waals surface area contributed by atoms with Gasteiger partial charge in [-0.2, -0.15) is 0 Å². The molecule has 0 spiro atoms. The zero-order valence-corrected chi connectivity index (χ0v) is 10.2. The van der Waals surface area contributed by atoms with Crippen LogP contribution in [0.5, 0.6) is 0 Å². The zero-order chi connectivity index (χ0) is 13.5. The van der Waals surface area contributed by atoms with E-state index < -0.39 is 5.82 Å². The molecule has 0 radical (unpaired) electrons. The number of hydrogen-bond acceptors (Lipinski definition) is 4. The highest BCUT2D eigenvalue weighted by Crippen LogP contribution is 2.11. The van der Waals surface area contributed by atoms with Gasteiger partial charge in [0.2, 0.25) is 0 Å². The van der Waals surface area contributed by atoms with Crippen molar-refractivity contribution in [3.63, 3.8) is 0 Å². The van der Waals surface area contributed by atoms with E-state index in [0.717, 1.165) is 5.56 Å². The smallest absolute Gasteiger partial charge is 0.170 e. The summed E-state index contributed by atoms with van der Waals surface area (Å²) >= 11 is 0. The lowest BCUT2D eigenvalue weighted by Gasteiger charge is -2.12. The van der Waals surface area contributed by atoms with Crippen molar-refractivity contribution in [1.29, 1.82) is 0 Å². The number of benzene rings is 1. The summed E-state index contributed by atoms with van der Waals surface area (Å²) in [4.78, 5) is 0. The van der Waals surface area contributed by atoms with Crippen LogP contribution in [0.15, 0.2) is 23.4 Å². The number of hydrogen-bond donors (Lipinski definition) is 4. The number of aliphatic hydroxyl groups excluding tert-OH is 1. The molecule has 1 rings (SSSR count). The molecule has 0 bridgehead atoms. The van der Waals surface area contributed by atoms with E-state index in [9.17, 15) is 4.39 Å². The number of rotatable bonds is 6. The molecule has 1 aromatic carbocycles. The highest BCUT2D eigenvalue weighted by atomic mass is 19.1. The summed E-state index contributed by atoms with van der Waals surface area (Å²) in [6.07, 6.45) is 0. The van der Waals surface area contributed by atoms with E-state index in [0.29, 0.717) is 18.7 Å². The Morgan fingerprint density at radius 2 is 2.28 bits per heavy atom. The summed E-state index contributed by atoms with van der Waals surface area (Å²) < 4.78 is 13.1. The molecule has 0 aliphatic carbocycles. The van der Waals surface area contributed by atoms with Crippen molar-refractivity contribution in [3.05, 3.63) is 35.1 Å². The summed E-state index contributed by atoms with van der Waals surface area (Å²) in [5.74, 6) is -0.427. The molecule has 0 aliphatic heterocycles. The normalized spacial score (nSPS) is 13.6. The van der Waals surface area contributed by atoms with Gasteiger partial charge in [0, 0.05) is 25.3 Å². The molecule has 5 nitrogen and oxygen atoms in total. The number of amidine groups is 1. The average molecular weight is 255 g/mol. The Morgan fingerprint density at radius 1 is 1.56 bits per heavy atom. The van der Waals surface area contributed by atoms with E-state index in [-0.39, 0.29) is 18.4 Å². The maximum absolute atomic E-state index is 13.1. The van der Waals surface area contributed by atoms with Crippen LogP contribution < -0.4 is 11.1 Å². The van der Waals surface area contributed by atoms with Crippen LogP contribution in [-0.2, 0) is 6.54 Å². The molecule has 0 saturated heterocycles. The molecule has 0 aliphatic rings. The lowest BCUT2D eigenvalue weighted by Crippen LogP contribution is -2.25. The van der Waals surface area contributed by atoms with Crippen LogP contribution in [0.1, 0.15) is 18.1 Å². The number of halogens is 1. The minimum absolute atomic E-state index is 0.101. The summed E-state index contributed by atoms with van der Waals surface area (Å²) in [5, 5.41) is 23.5. The van der Waals surface area contributed by atoms with Gasteiger partial charge >= 0.3 is 0 Å². The summed E-state index contributed by atoms with van der Waals surface area (Å²) in [5.41, 5.74) is 6.58. The number of oxime groups is 1. The van der Waals surface area contributed by atoms with Gasteiger partial charge in [-0.25, -0.2) is 4.39 Å². The third-order valence-corrected chi connectivity index (χ3v) is 2.58. The molecule has 18 heavy (non-hydrogen) atoms. The molecule has 0 aromatic heterocycles. The Morgan fingerprint density at radius 3 is 2.89 bits per heavy atom. The quantitative estimate of drug-likeness (QED) is 0.260. The number of aliphatic hydroxyl groups is 1. The molecule has 5 N–H and O–H groups in total. The van der Waals surface area contributed by atoms with Crippen molar-refractivity contribution in [2.24, 2.45) is 16.8 Å².